The first-order chi connectivity index (χ1) is 12.1. The van der Waals surface area contributed by atoms with Crippen molar-refractivity contribution in [1.82, 2.24) is 10.2 Å². The molecule has 1 atom stereocenters. The summed E-state index contributed by atoms with van der Waals surface area (Å²) in [5.74, 6) is 0. The van der Waals surface area contributed by atoms with Gasteiger partial charge in [0.1, 0.15) is 0 Å². The van der Waals surface area contributed by atoms with Crippen molar-refractivity contribution in [3.63, 3.8) is 0 Å². The number of hydrogen-bond donors (Lipinski definition) is 2. The standard InChI is InChI=1S/C21H28N2O2/c1-3-20(19-11-9-17(2)10-12-19)22-21(25)23(15-16-24)14-13-18-7-5-4-6-8-18/h4-12,20,24H,3,13-16H2,1-2H3,(H,22,25). The molecule has 0 heterocycles. The van der Waals surface area contributed by atoms with Crippen LogP contribution in [0.15, 0.2) is 54.6 Å². The monoisotopic (exact) mass is 340 g/mol. The van der Waals surface area contributed by atoms with Gasteiger partial charge in [0.05, 0.1) is 12.6 Å². The molecule has 0 bridgehead atoms. The summed E-state index contributed by atoms with van der Waals surface area (Å²) >= 11 is 0. The van der Waals surface area contributed by atoms with E-state index in [1.807, 2.05) is 18.2 Å². The Morgan fingerprint density at radius 2 is 1.76 bits per heavy atom. The molecule has 2 rings (SSSR count). The molecule has 2 amide bonds. The Hall–Kier alpha value is -2.33. The van der Waals surface area contributed by atoms with Crippen LogP contribution in [0.5, 0.6) is 0 Å². The van der Waals surface area contributed by atoms with Crippen molar-refractivity contribution in [2.45, 2.75) is 32.7 Å². The van der Waals surface area contributed by atoms with Gasteiger partial charge < -0.3 is 15.3 Å². The Bertz CT molecular complexity index is 641. The zero-order chi connectivity index (χ0) is 18.1. The van der Waals surface area contributed by atoms with E-state index in [4.69, 9.17) is 0 Å². The lowest BCUT2D eigenvalue weighted by Gasteiger charge is -2.26. The fraction of sp³-hybridized carbons (Fsp3) is 0.381. The molecule has 0 aromatic heterocycles. The van der Waals surface area contributed by atoms with Gasteiger partial charge in [-0.3, -0.25) is 0 Å². The van der Waals surface area contributed by atoms with Gasteiger partial charge in [-0.15, -0.1) is 0 Å². The molecular weight excluding hydrogens is 312 g/mol. The smallest absolute Gasteiger partial charge is 0.317 e. The summed E-state index contributed by atoms with van der Waals surface area (Å²) < 4.78 is 0. The third-order valence-electron chi connectivity index (χ3n) is 4.36. The van der Waals surface area contributed by atoms with Crippen LogP contribution in [0.4, 0.5) is 4.79 Å². The minimum Gasteiger partial charge on any atom is -0.395 e. The van der Waals surface area contributed by atoms with Crippen molar-refractivity contribution in [3.8, 4) is 0 Å². The molecule has 1 unspecified atom stereocenters. The second-order valence-corrected chi connectivity index (χ2v) is 6.27. The zero-order valence-corrected chi connectivity index (χ0v) is 15.1. The molecule has 2 N–H and O–H groups in total. The van der Waals surface area contributed by atoms with Crippen molar-refractivity contribution in [2.24, 2.45) is 0 Å². The number of nitrogens with zero attached hydrogens (tertiary/aromatic N) is 1. The van der Waals surface area contributed by atoms with Crippen LogP contribution in [-0.4, -0.2) is 35.7 Å². The molecule has 0 radical (unpaired) electrons. The number of aliphatic hydroxyl groups excluding tert-OH is 1. The summed E-state index contributed by atoms with van der Waals surface area (Å²) in [7, 11) is 0. The Morgan fingerprint density at radius 1 is 1.08 bits per heavy atom. The number of carbonyl (C=O) groups excluding carboxylic acids is 1. The van der Waals surface area contributed by atoms with Crippen LogP contribution in [-0.2, 0) is 6.42 Å². The molecule has 134 valence electrons. The minimum atomic E-state index is -0.127. The number of rotatable bonds is 8. The molecule has 4 heteroatoms. The first-order valence-electron chi connectivity index (χ1n) is 8.90. The van der Waals surface area contributed by atoms with Crippen LogP contribution >= 0.6 is 0 Å². The maximum atomic E-state index is 12.7. The fourth-order valence-electron chi connectivity index (χ4n) is 2.80. The average Bonchev–Trinajstić information content (AvgIpc) is 2.64. The van der Waals surface area contributed by atoms with Crippen molar-refractivity contribution in [1.29, 1.82) is 0 Å². The Labute approximate surface area is 150 Å². The molecule has 0 spiro atoms. The predicted molar refractivity (Wildman–Crippen MR) is 102 cm³/mol. The second kappa shape index (κ2) is 9.84. The summed E-state index contributed by atoms with van der Waals surface area (Å²) in [5, 5.41) is 12.4. The van der Waals surface area contributed by atoms with E-state index < -0.39 is 0 Å². The number of carbonyl (C=O) groups is 1. The van der Waals surface area contributed by atoms with Crippen LogP contribution in [0.1, 0.15) is 36.1 Å². The topological polar surface area (TPSA) is 52.6 Å². The van der Waals surface area contributed by atoms with Gasteiger partial charge in [0.2, 0.25) is 0 Å². The van der Waals surface area contributed by atoms with Gasteiger partial charge >= 0.3 is 6.03 Å². The second-order valence-electron chi connectivity index (χ2n) is 6.27. The third-order valence-corrected chi connectivity index (χ3v) is 4.36. The van der Waals surface area contributed by atoms with Crippen LogP contribution in [0.3, 0.4) is 0 Å². The molecule has 2 aromatic rings. The quantitative estimate of drug-likeness (QED) is 0.770. The molecular formula is C21H28N2O2. The highest BCUT2D eigenvalue weighted by molar-refractivity contribution is 5.74. The molecule has 0 saturated carbocycles. The first-order valence-corrected chi connectivity index (χ1v) is 8.90. The summed E-state index contributed by atoms with van der Waals surface area (Å²) in [6, 6.07) is 18.2. The van der Waals surface area contributed by atoms with Crippen LogP contribution in [0.25, 0.3) is 0 Å². The zero-order valence-electron chi connectivity index (χ0n) is 15.1. The molecule has 0 fully saturated rings. The summed E-state index contributed by atoms with van der Waals surface area (Å²) in [5.41, 5.74) is 3.49. The minimum absolute atomic E-state index is 0.0222. The van der Waals surface area contributed by atoms with E-state index in [0.29, 0.717) is 13.1 Å². The van der Waals surface area contributed by atoms with Crippen molar-refractivity contribution >= 4 is 6.03 Å². The highest BCUT2D eigenvalue weighted by Gasteiger charge is 2.18. The normalized spacial score (nSPS) is 11.8. The number of aliphatic hydroxyl groups is 1. The summed E-state index contributed by atoms with van der Waals surface area (Å²) in [6.07, 6.45) is 1.59. The van der Waals surface area contributed by atoms with Crippen molar-refractivity contribution in [2.75, 3.05) is 19.7 Å². The molecule has 25 heavy (non-hydrogen) atoms. The van der Waals surface area contributed by atoms with E-state index in [0.717, 1.165) is 18.4 Å². The number of hydrogen-bond acceptors (Lipinski definition) is 2. The van der Waals surface area contributed by atoms with E-state index in [2.05, 4.69) is 55.6 Å². The predicted octanol–water partition coefficient (Wildman–Crippen LogP) is 3.69. The van der Waals surface area contributed by atoms with Gasteiger partial charge in [0.15, 0.2) is 0 Å². The van der Waals surface area contributed by atoms with Gasteiger partial charge in [-0.05, 0) is 30.9 Å². The highest BCUT2D eigenvalue weighted by atomic mass is 16.3. The lowest BCUT2D eigenvalue weighted by Crippen LogP contribution is -2.43. The number of amides is 2. The maximum absolute atomic E-state index is 12.7. The molecule has 2 aromatic carbocycles. The van der Waals surface area contributed by atoms with Crippen molar-refractivity contribution < 1.29 is 9.90 Å². The third kappa shape index (κ3) is 5.91. The number of nitrogens with one attached hydrogen (secondary N) is 1. The van der Waals surface area contributed by atoms with Crippen LogP contribution < -0.4 is 5.32 Å². The fourth-order valence-corrected chi connectivity index (χ4v) is 2.80. The van der Waals surface area contributed by atoms with Crippen LogP contribution in [0, 0.1) is 6.92 Å². The van der Waals surface area contributed by atoms with Crippen LogP contribution in [0.2, 0.25) is 0 Å². The Morgan fingerprint density at radius 3 is 2.36 bits per heavy atom. The molecule has 4 nitrogen and oxygen atoms in total. The lowest BCUT2D eigenvalue weighted by atomic mass is 10.0. The molecule has 0 aliphatic rings. The van der Waals surface area contributed by atoms with E-state index in [1.165, 1.54) is 11.1 Å². The van der Waals surface area contributed by atoms with Gasteiger partial charge in [0.25, 0.3) is 0 Å². The van der Waals surface area contributed by atoms with E-state index in [-0.39, 0.29) is 18.7 Å². The lowest BCUT2D eigenvalue weighted by molar-refractivity contribution is 0.174. The van der Waals surface area contributed by atoms with E-state index in [9.17, 15) is 9.90 Å². The molecule has 0 aliphatic carbocycles. The van der Waals surface area contributed by atoms with E-state index in [1.54, 1.807) is 4.90 Å². The summed E-state index contributed by atoms with van der Waals surface area (Å²) in [4.78, 5) is 14.4. The highest BCUT2D eigenvalue weighted by Crippen LogP contribution is 2.17. The van der Waals surface area contributed by atoms with Gasteiger partial charge in [-0.2, -0.15) is 0 Å². The van der Waals surface area contributed by atoms with E-state index >= 15 is 0 Å². The Kier molecular flexibility index (Phi) is 7.48. The number of benzene rings is 2. The average molecular weight is 340 g/mol. The van der Waals surface area contributed by atoms with Gasteiger partial charge in [0, 0.05) is 13.1 Å². The number of aryl methyl sites for hydroxylation is 1. The summed E-state index contributed by atoms with van der Waals surface area (Å²) in [6.45, 7) is 4.99. The number of urea groups is 1. The SMILES string of the molecule is CCC(NC(=O)N(CCO)CCc1ccccc1)c1ccc(C)cc1. The molecule has 0 aliphatic heterocycles. The first kappa shape index (κ1) is 19.0. The van der Waals surface area contributed by atoms with Crippen molar-refractivity contribution in [3.05, 3.63) is 71.3 Å². The maximum Gasteiger partial charge on any atom is 0.317 e. The van der Waals surface area contributed by atoms with Gasteiger partial charge in [-0.25, -0.2) is 4.79 Å². The molecule has 0 saturated heterocycles. The Balaban J connectivity index is 1.99. The largest absolute Gasteiger partial charge is 0.395 e. The van der Waals surface area contributed by atoms with Gasteiger partial charge in [-0.1, -0.05) is 67.1 Å².